The molecular weight excluding hydrogens is 382 g/mol. The quantitative estimate of drug-likeness (QED) is 0.245. The molecule has 2 rings (SSSR count). The number of nitrogens with two attached hydrogens (primary N) is 1. The van der Waals surface area contributed by atoms with Crippen molar-refractivity contribution in [3.8, 4) is 0 Å². The summed E-state index contributed by atoms with van der Waals surface area (Å²) in [5.74, 6) is -0.0349. The molecule has 0 spiro atoms. The highest BCUT2D eigenvalue weighted by molar-refractivity contribution is 7.47. The van der Waals surface area contributed by atoms with E-state index in [9.17, 15) is 19.0 Å². The zero-order valence-corrected chi connectivity index (χ0v) is 14.0. The average Bonchev–Trinajstić information content (AvgIpc) is 2.82. The highest BCUT2D eigenvalue weighted by Crippen LogP contribution is 2.38. The van der Waals surface area contributed by atoms with Crippen molar-refractivity contribution < 1.29 is 32.7 Å². The Bertz CT molecular complexity index is 782. The maximum absolute atomic E-state index is 11.9. The summed E-state index contributed by atoms with van der Waals surface area (Å²) >= 11 is 0. The van der Waals surface area contributed by atoms with Crippen molar-refractivity contribution in [2.45, 2.75) is 24.5 Å². The highest BCUT2D eigenvalue weighted by Gasteiger charge is 2.47. The average molecular weight is 394 g/mol. The van der Waals surface area contributed by atoms with Gasteiger partial charge in [0, 0.05) is 20.2 Å². The second kappa shape index (κ2) is 8.39. The number of aliphatic hydroxyl groups is 1. The van der Waals surface area contributed by atoms with E-state index in [1.807, 2.05) is 0 Å². The molecule has 1 saturated heterocycles. The third-order valence-corrected chi connectivity index (χ3v) is 4.58. The molecule has 134 valence electrons. The largest absolute Gasteiger partial charge is 0.747 e. The molecule has 0 bridgehead atoms. The second-order valence-electron chi connectivity index (χ2n) is 4.63. The van der Waals surface area contributed by atoms with Crippen molar-refractivity contribution in [3.05, 3.63) is 33.2 Å². The van der Waals surface area contributed by atoms with E-state index >= 15 is 0 Å². The van der Waals surface area contributed by atoms with E-state index in [0.29, 0.717) is 0 Å². The number of aromatic nitrogens is 2. The Balaban J connectivity index is 2.17. The van der Waals surface area contributed by atoms with Gasteiger partial charge in [0.15, 0.2) is 4.31 Å². The zero-order valence-electron chi connectivity index (χ0n) is 12.2. The molecule has 1 aliphatic heterocycles. The molecule has 6 atom stereocenters. The molecule has 2 heterocycles. The van der Waals surface area contributed by atoms with Gasteiger partial charge in [0.1, 0.15) is 30.8 Å². The van der Waals surface area contributed by atoms with Gasteiger partial charge < -0.3 is 15.6 Å². The molecule has 2 unspecified atom stereocenters. The first kappa shape index (κ1) is 19.3. The maximum atomic E-state index is 11.9. The van der Waals surface area contributed by atoms with Crippen molar-refractivity contribution >= 4 is 22.3 Å². The van der Waals surface area contributed by atoms with Gasteiger partial charge in [0.05, 0.1) is 6.10 Å². The number of ether oxygens (including phenoxy) is 1. The van der Waals surface area contributed by atoms with Crippen molar-refractivity contribution in [1.82, 2.24) is 9.55 Å². The molecule has 1 aromatic rings. The van der Waals surface area contributed by atoms with Gasteiger partial charge in [-0.3, -0.25) is 4.57 Å². The van der Waals surface area contributed by atoms with Crippen LogP contribution >= 0.6 is 16.5 Å². The topological polar surface area (TPSA) is 212 Å². The first-order chi connectivity index (χ1) is 11.8. The summed E-state index contributed by atoms with van der Waals surface area (Å²) in [5.41, 5.74) is 13.2. The zero-order chi connectivity index (χ0) is 18.6. The Morgan fingerprint density at radius 1 is 1.56 bits per heavy atom. The molecule has 0 saturated carbocycles. The highest BCUT2D eigenvalue weighted by atomic mass is 31.2. The SMILES string of the molecule is [N-]=[N+]=N[C@@H]1[C@H](O)[C@@H](CO[P+](=O)O[P+](=O)O)O[C@H]1n1ccc(N)nc1=O. The van der Waals surface area contributed by atoms with Crippen molar-refractivity contribution in [3.63, 3.8) is 0 Å². The summed E-state index contributed by atoms with van der Waals surface area (Å²) in [7, 11) is -6.07. The van der Waals surface area contributed by atoms with Gasteiger partial charge in [-0.25, -0.2) is 4.79 Å². The van der Waals surface area contributed by atoms with Crippen LogP contribution in [0.25, 0.3) is 10.4 Å². The van der Waals surface area contributed by atoms with E-state index in [0.717, 1.165) is 4.57 Å². The molecule has 16 heteroatoms. The summed E-state index contributed by atoms with van der Waals surface area (Å²) in [6, 6.07) is 0.0893. The monoisotopic (exact) mass is 394 g/mol. The minimum absolute atomic E-state index is 0.0349. The molecule has 0 radical (unpaired) electrons. The first-order valence-electron chi connectivity index (χ1n) is 6.50. The standard InChI is InChI=1S/C9H10N6O8P2/c10-5-1-2-15(9(17)12-5)8-6(13-14-11)7(16)4(22-8)3-21-25(20)23-24(18)19/h1-2,4,6-8,16H,3H2,(H-2,10,12,17,18,19)/p+2/t4-,6-,7-,8-/m1/s1. The number of nitrogen functional groups attached to an aromatic ring is 1. The summed E-state index contributed by atoms with van der Waals surface area (Å²) in [6.07, 6.45) is -2.56. The van der Waals surface area contributed by atoms with E-state index in [4.69, 9.17) is 20.9 Å². The number of nitrogens with zero attached hydrogens (tertiary/aromatic N) is 5. The Hall–Kier alpha value is -2.01. The van der Waals surface area contributed by atoms with Crippen LogP contribution < -0.4 is 11.4 Å². The number of aliphatic hydroxyl groups excluding tert-OH is 1. The van der Waals surface area contributed by atoms with Gasteiger partial charge in [-0.2, -0.15) is 4.98 Å². The normalized spacial score (nSPS) is 26.8. The molecule has 0 aromatic carbocycles. The predicted octanol–water partition coefficient (Wildman–Crippen LogP) is 0.103. The molecular formula is C9H12N6O8P2+2. The first-order valence-corrected chi connectivity index (χ1v) is 8.73. The van der Waals surface area contributed by atoms with Gasteiger partial charge in [-0.15, -0.1) is 9.42 Å². The van der Waals surface area contributed by atoms with Crippen LogP contribution in [0.15, 0.2) is 22.2 Å². The fourth-order valence-electron chi connectivity index (χ4n) is 2.12. The number of hydrogen-bond donors (Lipinski definition) is 3. The Morgan fingerprint density at radius 3 is 2.88 bits per heavy atom. The van der Waals surface area contributed by atoms with Gasteiger partial charge in [-0.1, -0.05) is 5.11 Å². The lowest BCUT2D eigenvalue weighted by molar-refractivity contribution is -0.0416. The third kappa shape index (κ3) is 4.75. The Kier molecular flexibility index (Phi) is 6.48. The number of azide groups is 1. The molecule has 1 aromatic heterocycles. The summed E-state index contributed by atoms with van der Waals surface area (Å²) in [5, 5.41) is 13.6. The lowest BCUT2D eigenvalue weighted by Crippen LogP contribution is -2.35. The second-order valence-corrected chi connectivity index (χ2v) is 6.47. The van der Waals surface area contributed by atoms with Crippen LogP contribution in [0.3, 0.4) is 0 Å². The maximum Gasteiger partial charge on any atom is 0.747 e. The molecule has 0 amide bonds. The van der Waals surface area contributed by atoms with Crippen LogP contribution in [0.2, 0.25) is 0 Å². The van der Waals surface area contributed by atoms with Crippen LogP contribution in [-0.4, -0.2) is 44.4 Å². The summed E-state index contributed by atoms with van der Waals surface area (Å²) < 4.78 is 36.7. The van der Waals surface area contributed by atoms with Gasteiger partial charge in [0.2, 0.25) is 0 Å². The summed E-state index contributed by atoms with van der Waals surface area (Å²) in [6.45, 7) is -0.523. The van der Waals surface area contributed by atoms with E-state index in [2.05, 4.69) is 23.8 Å². The van der Waals surface area contributed by atoms with E-state index in [-0.39, 0.29) is 5.82 Å². The Morgan fingerprint density at radius 2 is 2.28 bits per heavy atom. The Labute approximate surface area is 140 Å². The minimum atomic E-state index is -3.14. The number of anilines is 1. The molecule has 0 aliphatic carbocycles. The van der Waals surface area contributed by atoms with Gasteiger partial charge in [-0.05, 0) is 11.6 Å². The lowest BCUT2D eigenvalue weighted by atomic mass is 10.1. The van der Waals surface area contributed by atoms with Crippen molar-refractivity contribution in [1.29, 1.82) is 0 Å². The van der Waals surface area contributed by atoms with Gasteiger partial charge in [0.25, 0.3) is 0 Å². The predicted molar refractivity (Wildman–Crippen MR) is 80.2 cm³/mol. The van der Waals surface area contributed by atoms with Crippen LogP contribution in [0.5, 0.6) is 0 Å². The van der Waals surface area contributed by atoms with Crippen LogP contribution in [0, 0.1) is 0 Å². The lowest BCUT2D eigenvalue weighted by Gasteiger charge is -2.17. The van der Waals surface area contributed by atoms with E-state index in [1.54, 1.807) is 0 Å². The fraction of sp³-hybridized carbons (Fsp3) is 0.556. The third-order valence-electron chi connectivity index (χ3n) is 3.13. The minimum Gasteiger partial charge on any atom is -0.390 e. The van der Waals surface area contributed by atoms with Gasteiger partial charge >= 0.3 is 22.2 Å². The summed E-state index contributed by atoms with van der Waals surface area (Å²) in [4.78, 5) is 26.4. The fourth-order valence-corrected chi connectivity index (χ4v) is 3.03. The van der Waals surface area contributed by atoms with Crippen LogP contribution in [0.1, 0.15) is 6.23 Å². The van der Waals surface area contributed by atoms with Crippen molar-refractivity contribution in [2.24, 2.45) is 5.11 Å². The number of hydrogen-bond acceptors (Lipinski definition) is 10. The molecule has 14 nitrogen and oxygen atoms in total. The molecule has 25 heavy (non-hydrogen) atoms. The van der Waals surface area contributed by atoms with E-state index in [1.165, 1.54) is 12.3 Å². The van der Waals surface area contributed by atoms with Crippen molar-refractivity contribution in [2.75, 3.05) is 12.3 Å². The smallest absolute Gasteiger partial charge is 0.390 e. The van der Waals surface area contributed by atoms with E-state index < -0.39 is 53.3 Å². The van der Waals surface area contributed by atoms with Crippen LogP contribution in [-0.2, 0) is 22.7 Å². The van der Waals surface area contributed by atoms with Crippen LogP contribution in [0.4, 0.5) is 5.82 Å². The molecule has 1 fully saturated rings. The number of rotatable bonds is 7. The molecule has 4 N–H and O–H groups in total. The molecule has 1 aliphatic rings.